The van der Waals surface area contributed by atoms with Gasteiger partial charge in [0, 0.05) is 6.54 Å². The molecule has 0 radical (unpaired) electrons. The van der Waals surface area contributed by atoms with Crippen LogP contribution < -0.4 is 5.32 Å². The van der Waals surface area contributed by atoms with Gasteiger partial charge < -0.3 is 9.73 Å². The van der Waals surface area contributed by atoms with Crippen molar-refractivity contribution in [1.29, 1.82) is 0 Å². The van der Waals surface area contributed by atoms with E-state index in [1.54, 1.807) is 0 Å². The molecule has 84 valence electrons. The van der Waals surface area contributed by atoms with Crippen LogP contribution in [0, 0.1) is 6.92 Å². The lowest BCUT2D eigenvalue weighted by atomic mass is 10.1. The molecule has 0 aliphatic rings. The van der Waals surface area contributed by atoms with Crippen molar-refractivity contribution in [3.05, 3.63) is 58.0 Å². The van der Waals surface area contributed by atoms with Crippen LogP contribution in [0.2, 0.25) is 0 Å². The molecule has 0 unspecified atom stereocenters. The minimum absolute atomic E-state index is 0.749. The van der Waals surface area contributed by atoms with E-state index in [9.17, 15) is 0 Å². The van der Waals surface area contributed by atoms with Crippen LogP contribution in [-0.4, -0.2) is 0 Å². The molecule has 1 N–H and O–H groups in total. The van der Waals surface area contributed by atoms with Crippen LogP contribution >= 0.6 is 15.9 Å². The van der Waals surface area contributed by atoms with Gasteiger partial charge in [0.05, 0.1) is 6.54 Å². The smallest absolute Gasteiger partial charge is 0.169 e. The van der Waals surface area contributed by atoms with E-state index in [-0.39, 0.29) is 0 Å². The van der Waals surface area contributed by atoms with E-state index in [1.165, 1.54) is 11.1 Å². The normalized spacial score (nSPS) is 10.6. The fourth-order valence-electron chi connectivity index (χ4n) is 1.48. The molecule has 0 aliphatic carbocycles. The fraction of sp³-hybridized carbons (Fsp3) is 0.231. The zero-order valence-corrected chi connectivity index (χ0v) is 10.8. The predicted molar refractivity (Wildman–Crippen MR) is 68.1 cm³/mol. The number of nitrogens with one attached hydrogen (secondary N) is 1. The molecule has 3 heteroatoms. The Morgan fingerprint density at radius 2 is 1.81 bits per heavy atom. The number of hydrogen-bond donors (Lipinski definition) is 1. The van der Waals surface area contributed by atoms with Gasteiger partial charge in [-0.05, 0) is 40.5 Å². The van der Waals surface area contributed by atoms with Gasteiger partial charge in [-0.15, -0.1) is 0 Å². The lowest BCUT2D eigenvalue weighted by molar-refractivity contribution is 0.465. The Morgan fingerprint density at radius 3 is 2.44 bits per heavy atom. The lowest BCUT2D eigenvalue weighted by Gasteiger charge is -2.03. The largest absolute Gasteiger partial charge is 0.453 e. The van der Waals surface area contributed by atoms with Crippen molar-refractivity contribution < 1.29 is 4.42 Å². The molecule has 0 atom stereocenters. The standard InChI is InChI=1S/C13H14BrNO/c1-10-2-4-11(5-3-10)8-15-9-12-6-7-13(14)16-12/h2-7,15H,8-9H2,1H3. The van der Waals surface area contributed by atoms with Gasteiger partial charge in [0.2, 0.25) is 0 Å². The minimum Gasteiger partial charge on any atom is -0.453 e. The van der Waals surface area contributed by atoms with E-state index in [4.69, 9.17) is 4.42 Å². The van der Waals surface area contributed by atoms with Gasteiger partial charge >= 0.3 is 0 Å². The van der Waals surface area contributed by atoms with E-state index in [0.717, 1.165) is 23.5 Å². The van der Waals surface area contributed by atoms with Crippen LogP contribution in [0.15, 0.2) is 45.5 Å². The predicted octanol–water partition coefficient (Wildman–Crippen LogP) is 3.64. The highest BCUT2D eigenvalue weighted by molar-refractivity contribution is 9.10. The maximum absolute atomic E-state index is 5.39. The first kappa shape index (κ1) is 11.4. The molecule has 16 heavy (non-hydrogen) atoms. The Balaban J connectivity index is 1.82. The zero-order valence-electron chi connectivity index (χ0n) is 9.16. The maximum Gasteiger partial charge on any atom is 0.169 e. The molecule has 1 aromatic carbocycles. The minimum atomic E-state index is 0.749. The second-order valence-electron chi connectivity index (χ2n) is 3.79. The number of hydrogen-bond acceptors (Lipinski definition) is 2. The summed E-state index contributed by atoms with van der Waals surface area (Å²) in [5, 5.41) is 3.34. The molecule has 0 saturated heterocycles. The van der Waals surface area contributed by atoms with Gasteiger partial charge in [-0.2, -0.15) is 0 Å². The average molecular weight is 280 g/mol. The van der Waals surface area contributed by atoms with Crippen molar-refractivity contribution in [2.24, 2.45) is 0 Å². The first-order chi connectivity index (χ1) is 7.74. The van der Waals surface area contributed by atoms with Crippen molar-refractivity contribution in [2.45, 2.75) is 20.0 Å². The van der Waals surface area contributed by atoms with Gasteiger partial charge in [-0.1, -0.05) is 29.8 Å². The van der Waals surface area contributed by atoms with Crippen molar-refractivity contribution in [1.82, 2.24) is 5.32 Å². The van der Waals surface area contributed by atoms with Crippen molar-refractivity contribution in [3.63, 3.8) is 0 Å². The summed E-state index contributed by atoms with van der Waals surface area (Å²) in [6.07, 6.45) is 0. The van der Waals surface area contributed by atoms with E-state index < -0.39 is 0 Å². The number of aryl methyl sites for hydroxylation is 1. The SMILES string of the molecule is Cc1ccc(CNCc2ccc(Br)o2)cc1. The monoisotopic (exact) mass is 279 g/mol. The highest BCUT2D eigenvalue weighted by atomic mass is 79.9. The van der Waals surface area contributed by atoms with Crippen molar-refractivity contribution in [2.75, 3.05) is 0 Å². The molecular weight excluding hydrogens is 266 g/mol. The Bertz CT molecular complexity index is 447. The highest BCUT2D eigenvalue weighted by Crippen LogP contribution is 2.13. The van der Waals surface area contributed by atoms with Crippen LogP contribution in [0.5, 0.6) is 0 Å². The number of halogens is 1. The van der Waals surface area contributed by atoms with Crippen LogP contribution in [-0.2, 0) is 13.1 Å². The fourth-order valence-corrected chi connectivity index (χ4v) is 1.82. The third kappa shape index (κ3) is 3.22. The summed E-state index contributed by atoms with van der Waals surface area (Å²) < 4.78 is 6.17. The molecule has 2 nitrogen and oxygen atoms in total. The second kappa shape index (κ2) is 5.32. The summed E-state index contributed by atoms with van der Waals surface area (Å²) in [4.78, 5) is 0. The molecule has 1 heterocycles. The van der Waals surface area contributed by atoms with Crippen LogP contribution in [0.3, 0.4) is 0 Å². The van der Waals surface area contributed by atoms with Gasteiger partial charge in [-0.25, -0.2) is 0 Å². The first-order valence-electron chi connectivity index (χ1n) is 5.24. The molecule has 0 fully saturated rings. The van der Waals surface area contributed by atoms with Crippen molar-refractivity contribution >= 4 is 15.9 Å². The Hall–Kier alpha value is -1.06. The topological polar surface area (TPSA) is 25.2 Å². The number of furan rings is 1. The summed E-state index contributed by atoms with van der Waals surface area (Å²) >= 11 is 3.28. The number of rotatable bonds is 4. The van der Waals surface area contributed by atoms with Gasteiger partial charge in [-0.3, -0.25) is 0 Å². The molecule has 0 bridgehead atoms. The summed E-state index contributed by atoms with van der Waals surface area (Å²) in [5.74, 6) is 0.944. The third-order valence-electron chi connectivity index (χ3n) is 2.38. The third-order valence-corrected chi connectivity index (χ3v) is 2.80. The lowest BCUT2D eigenvalue weighted by Crippen LogP contribution is -2.11. The highest BCUT2D eigenvalue weighted by Gasteiger charge is 1.98. The molecular formula is C13H14BrNO. The molecule has 0 saturated carbocycles. The van der Waals surface area contributed by atoms with Gasteiger partial charge in [0.25, 0.3) is 0 Å². The molecule has 0 spiro atoms. The van der Waals surface area contributed by atoms with E-state index in [0.29, 0.717) is 0 Å². The Kier molecular flexibility index (Phi) is 3.80. The molecule has 0 aliphatic heterocycles. The zero-order chi connectivity index (χ0) is 11.4. The van der Waals surface area contributed by atoms with Crippen LogP contribution in [0.25, 0.3) is 0 Å². The molecule has 1 aromatic heterocycles. The first-order valence-corrected chi connectivity index (χ1v) is 6.04. The number of benzene rings is 1. The van der Waals surface area contributed by atoms with Gasteiger partial charge in [0.1, 0.15) is 5.76 Å². The van der Waals surface area contributed by atoms with Crippen LogP contribution in [0.1, 0.15) is 16.9 Å². The maximum atomic E-state index is 5.39. The molecule has 2 rings (SSSR count). The van der Waals surface area contributed by atoms with E-state index in [2.05, 4.69) is 52.4 Å². The molecule has 0 amide bonds. The quantitative estimate of drug-likeness (QED) is 0.925. The van der Waals surface area contributed by atoms with Gasteiger partial charge in [0.15, 0.2) is 4.67 Å². The second-order valence-corrected chi connectivity index (χ2v) is 4.58. The van der Waals surface area contributed by atoms with Crippen molar-refractivity contribution in [3.8, 4) is 0 Å². The summed E-state index contributed by atoms with van der Waals surface area (Å²) in [6.45, 7) is 3.70. The summed E-state index contributed by atoms with van der Waals surface area (Å²) in [7, 11) is 0. The average Bonchev–Trinajstić information content (AvgIpc) is 2.67. The Labute approximate surface area is 104 Å². The Morgan fingerprint density at radius 1 is 1.06 bits per heavy atom. The summed E-state index contributed by atoms with van der Waals surface area (Å²) in [6, 6.07) is 12.4. The van der Waals surface area contributed by atoms with Crippen LogP contribution in [0.4, 0.5) is 0 Å². The molecule has 2 aromatic rings. The van der Waals surface area contributed by atoms with E-state index >= 15 is 0 Å². The summed E-state index contributed by atoms with van der Waals surface area (Å²) in [5.41, 5.74) is 2.58. The van der Waals surface area contributed by atoms with E-state index in [1.807, 2.05) is 12.1 Å².